The summed E-state index contributed by atoms with van der Waals surface area (Å²) in [6.45, 7) is 7.31. The summed E-state index contributed by atoms with van der Waals surface area (Å²) < 4.78 is 2.16. The van der Waals surface area contributed by atoms with Crippen molar-refractivity contribution in [2.75, 3.05) is 0 Å². The molecule has 20 heavy (non-hydrogen) atoms. The van der Waals surface area contributed by atoms with Gasteiger partial charge in [-0.15, -0.1) is 10.2 Å². The van der Waals surface area contributed by atoms with E-state index in [1.807, 2.05) is 0 Å². The number of fused-ring (bicyclic) bond motifs is 1. The summed E-state index contributed by atoms with van der Waals surface area (Å²) in [5, 5.41) is 14.6. The molecular formula is C14H23N5O. The van der Waals surface area contributed by atoms with E-state index in [4.69, 9.17) is 0 Å². The van der Waals surface area contributed by atoms with E-state index in [0.717, 1.165) is 37.5 Å². The summed E-state index contributed by atoms with van der Waals surface area (Å²) in [5.41, 5.74) is 0. The summed E-state index contributed by atoms with van der Waals surface area (Å²) in [7, 11) is 0. The van der Waals surface area contributed by atoms with Crippen molar-refractivity contribution in [3.63, 3.8) is 0 Å². The number of nitrogens with one attached hydrogen (secondary N) is 2. The molecule has 1 aromatic heterocycles. The van der Waals surface area contributed by atoms with E-state index < -0.39 is 0 Å². The lowest BCUT2D eigenvalue weighted by Crippen LogP contribution is -2.42. The summed E-state index contributed by atoms with van der Waals surface area (Å²) in [5.74, 6) is 2.83. The fraction of sp³-hybridized carbons (Fsp3) is 0.786. The number of rotatable bonds is 4. The lowest BCUT2D eigenvalue weighted by atomic mass is 10.0. The van der Waals surface area contributed by atoms with E-state index in [1.54, 1.807) is 0 Å². The summed E-state index contributed by atoms with van der Waals surface area (Å²) in [6.07, 6.45) is 3.19. The quantitative estimate of drug-likeness (QED) is 0.878. The maximum Gasteiger partial charge on any atom is 0.315 e. The maximum absolute atomic E-state index is 12.1. The number of aryl methyl sites for hydroxylation is 1. The lowest BCUT2D eigenvalue weighted by Gasteiger charge is -2.22. The Morgan fingerprint density at radius 1 is 1.40 bits per heavy atom. The molecule has 1 fully saturated rings. The molecule has 2 aliphatic rings. The number of amides is 2. The molecule has 110 valence electrons. The minimum atomic E-state index is -0.0894. The van der Waals surface area contributed by atoms with Gasteiger partial charge < -0.3 is 15.2 Å². The number of hydrogen-bond donors (Lipinski definition) is 2. The van der Waals surface area contributed by atoms with Crippen molar-refractivity contribution in [2.45, 2.75) is 58.7 Å². The zero-order valence-electron chi connectivity index (χ0n) is 12.4. The average molecular weight is 277 g/mol. The third kappa shape index (κ3) is 2.51. The minimum absolute atomic E-state index is 0.0802. The van der Waals surface area contributed by atoms with Gasteiger partial charge in [-0.05, 0) is 24.7 Å². The Bertz CT molecular complexity index is 510. The van der Waals surface area contributed by atoms with Crippen molar-refractivity contribution >= 4 is 6.03 Å². The largest absolute Gasteiger partial charge is 0.335 e. The standard InChI is InChI=1S/C14H23N5O/c1-8(2)12(16-14(20)15-10-7-9(10)3)13-18-17-11-5-4-6-19(11)13/h8-10,12H,4-7H2,1-3H3,(H2,15,16,20)/t9-,10+,12-/m0/s1. The molecular weight excluding hydrogens is 254 g/mol. The van der Waals surface area contributed by atoms with Gasteiger partial charge in [-0.1, -0.05) is 20.8 Å². The van der Waals surface area contributed by atoms with Crippen molar-refractivity contribution in [1.82, 2.24) is 25.4 Å². The first-order valence-electron chi connectivity index (χ1n) is 7.55. The second kappa shape index (κ2) is 5.07. The van der Waals surface area contributed by atoms with Crippen molar-refractivity contribution in [3.8, 4) is 0 Å². The van der Waals surface area contributed by atoms with Crippen molar-refractivity contribution in [3.05, 3.63) is 11.6 Å². The number of urea groups is 1. The van der Waals surface area contributed by atoms with E-state index in [9.17, 15) is 4.79 Å². The van der Waals surface area contributed by atoms with Gasteiger partial charge in [0.2, 0.25) is 0 Å². The van der Waals surface area contributed by atoms with Gasteiger partial charge in [0, 0.05) is 19.0 Å². The highest BCUT2D eigenvalue weighted by atomic mass is 16.2. The molecule has 1 aliphatic carbocycles. The number of nitrogens with zero attached hydrogens (tertiary/aromatic N) is 3. The molecule has 0 spiro atoms. The molecule has 0 unspecified atom stereocenters. The second-order valence-corrected chi connectivity index (χ2v) is 6.39. The van der Waals surface area contributed by atoms with Gasteiger partial charge in [0.15, 0.2) is 5.82 Å². The van der Waals surface area contributed by atoms with Crippen LogP contribution in [0.5, 0.6) is 0 Å². The highest BCUT2D eigenvalue weighted by Crippen LogP contribution is 2.29. The van der Waals surface area contributed by atoms with Crippen LogP contribution in [0.15, 0.2) is 0 Å². The van der Waals surface area contributed by atoms with Crippen LogP contribution in [0.4, 0.5) is 4.79 Å². The Labute approximate surface area is 119 Å². The smallest absolute Gasteiger partial charge is 0.315 e. The van der Waals surface area contributed by atoms with E-state index in [2.05, 4.69) is 46.2 Å². The van der Waals surface area contributed by atoms with Crippen molar-refractivity contribution in [2.24, 2.45) is 11.8 Å². The minimum Gasteiger partial charge on any atom is -0.335 e. The van der Waals surface area contributed by atoms with Gasteiger partial charge in [-0.25, -0.2) is 4.79 Å². The number of hydrogen-bond acceptors (Lipinski definition) is 3. The van der Waals surface area contributed by atoms with E-state index in [1.165, 1.54) is 0 Å². The number of carbonyl (C=O) groups is 1. The van der Waals surface area contributed by atoms with Gasteiger partial charge >= 0.3 is 6.03 Å². The van der Waals surface area contributed by atoms with Crippen molar-refractivity contribution < 1.29 is 4.79 Å². The van der Waals surface area contributed by atoms with Crippen LogP contribution in [0.1, 0.15) is 51.3 Å². The Morgan fingerprint density at radius 2 is 2.15 bits per heavy atom. The highest BCUT2D eigenvalue weighted by Gasteiger charge is 2.35. The highest BCUT2D eigenvalue weighted by molar-refractivity contribution is 5.75. The zero-order chi connectivity index (χ0) is 14.3. The molecule has 0 radical (unpaired) electrons. The third-order valence-corrected chi connectivity index (χ3v) is 4.30. The SMILES string of the molecule is CC(C)[C@H](NC(=O)N[C@@H]1C[C@@H]1C)c1nnc2n1CCC2. The maximum atomic E-state index is 12.1. The van der Waals surface area contributed by atoms with Gasteiger partial charge in [-0.2, -0.15) is 0 Å². The van der Waals surface area contributed by atoms with Crippen LogP contribution in [0, 0.1) is 11.8 Å². The summed E-state index contributed by atoms with van der Waals surface area (Å²) in [4.78, 5) is 12.1. The van der Waals surface area contributed by atoms with Gasteiger partial charge in [0.25, 0.3) is 0 Å². The summed E-state index contributed by atoms with van der Waals surface area (Å²) in [6, 6.07) is 0.170. The molecule has 6 nitrogen and oxygen atoms in total. The molecule has 3 rings (SSSR count). The third-order valence-electron chi connectivity index (χ3n) is 4.30. The number of aromatic nitrogens is 3. The fourth-order valence-electron chi connectivity index (χ4n) is 2.81. The first-order valence-corrected chi connectivity index (χ1v) is 7.55. The molecule has 1 aromatic rings. The number of carbonyl (C=O) groups excluding carboxylic acids is 1. The van der Waals surface area contributed by atoms with E-state index >= 15 is 0 Å². The monoisotopic (exact) mass is 277 g/mol. The van der Waals surface area contributed by atoms with Crippen LogP contribution in [-0.2, 0) is 13.0 Å². The molecule has 2 amide bonds. The Kier molecular flexibility index (Phi) is 3.40. The predicted octanol–water partition coefficient (Wildman–Crippen LogP) is 1.63. The molecule has 2 N–H and O–H groups in total. The Morgan fingerprint density at radius 3 is 2.80 bits per heavy atom. The van der Waals surface area contributed by atoms with Crippen LogP contribution in [0.3, 0.4) is 0 Å². The van der Waals surface area contributed by atoms with Gasteiger partial charge in [-0.3, -0.25) is 0 Å². The molecule has 0 aromatic carbocycles. The van der Waals surface area contributed by atoms with Crippen LogP contribution in [0.2, 0.25) is 0 Å². The fourth-order valence-corrected chi connectivity index (χ4v) is 2.81. The lowest BCUT2D eigenvalue weighted by molar-refractivity contribution is 0.230. The average Bonchev–Trinajstić information content (AvgIpc) is 2.81. The van der Waals surface area contributed by atoms with Crippen LogP contribution in [0.25, 0.3) is 0 Å². The summed E-state index contributed by atoms with van der Waals surface area (Å²) >= 11 is 0. The van der Waals surface area contributed by atoms with Crippen LogP contribution < -0.4 is 10.6 Å². The molecule has 0 saturated heterocycles. The molecule has 1 saturated carbocycles. The predicted molar refractivity (Wildman–Crippen MR) is 75.2 cm³/mol. The first kappa shape index (κ1) is 13.4. The van der Waals surface area contributed by atoms with Gasteiger partial charge in [0.05, 0.1) is 6.04 Å². The molecule has 2 heterocycles. The Balaban J connectivity index is 1.70. The van der Waals surface area contributed by atoms with Crippen molar-refractivity contribution in [1.29, 1.82) is 0 Å². The molecule has 0 bridgehead atoms. The zero-order valence-corrected chi connectivity index (χ0v) is 12.4. The van der Waals surface area contributed by atoms with E-state index in [-0.39, 0.29) is 18.0 Å². The van der Waals surface area contributed by atoms with Gasteiger partial charge in [0.1, 0.15) is 5.82 Å². The van der Waals surface area contributed by atoms with E-state index in [0.29, 0.717) is 12.0 Å². The van der Waals surface area contributed by atoms with Crippen LogP contribution >= 0.6 is 0 Å². The normalized spacial score (nSPS) is 25.4. The molecule has 3 atom stereocenters. The first-order chi connectivity index (χ1) is 9.56. The molecule has 1 aliphatic heterocycles. The molecule has 6 heteroatoms. The Hall–Kier alpha value is -1.59. The second-order valence-electron chi connectivity index (χ2n) is 6.39. The van der Waals surface area contributed by atoms with Crippen LogP contribution in [-0.4, -0.2) is 26.8 Å². The topological polar surface area (TPSA) is 71.8 Å².